The van der Waals surface area contributed by atoms with Crippen LogP contribution >= 0.6 is 0 Å². The number of aromatic nitrogens is 1. The van der Waals surface area contributed by atoms with Crippen molar-refractivity contribution in [2.24, 2.45) is 4.99 Å². The summed E-state index contributed by atoms with van der Waals surface area (Å²) in [5.41, 5.74) is -0.326. The third-order valence-corrected chi connectivity index (χ3v) is 1.70. The van der Waals surface area contributed by atoms with E-state index >= 15 is 0 Å². The van der Waals surface area contributed by atoms with Gasteiger partial charge in [-0.15, -0.1) is 0 Å². The molecule has 0 fully saturated rings. The van der Waals surface area contributed by atoms with E-state index in [9.17, 15) is 13.2 Å². The molecular formula is C8H5F3N2O. The summed E-state index contributed by atoms with van der Waals surface area (Å²) >= 11 is 0. The van der Waals surface area contributed by atoms with E-state index in [1.54, 1.807) is 0 Å². The predicted molar refractivity (Wildman–Crippen MR) is 41.5 cm³/mol. The van der Waals surface area contributed by atoms with Gasteiger partial charge in [-0.05, 0) is 0 Å². The van der Waals surface area contributed by atoms with E-state index in [2.05, 4.69) is 9.98 Å². The molecule has 14 heavy (non-hydrogen) atoms. The molecule has 2 rings (SSSR count). The van der Waals surface area contributed by atoms with Crippen LogP contribution in [0.3, 0.4) is 0 Å². The number of hydrogen-bond donors (Lipinski definition) is 0. The first-order valence-corrected chi connectivity index (χ1v) is 3.87. The van der Waals surface area contributed by atoms with E-state index in [1.165, 1.54) is 0 Å². The Morgan fingerprint density at radius 2 is 2.07 bits per heavy atom. The van der Waals surface area contributed by atoms with E-state index in [4.69, 9.17) is 4.74 Å². The van der Waals surface area contributed by atoms with Crippen LogP contribution in [-0.2, 0) is 4.74 Å². The Morgan fingerprint density at radius 3 is 2.71 bits per heavy atom. The number of halogens is 3. The number of aliphatic imine (C=N–C) groups is 1. The lowest BCUT2D eigenvalue weighted by molar-refractivity contribution is 0.344. The summed E-state index contributed by atoms with van der Waals surface area (Å²) in [7, 11) is 0. The molecule has 1 aromatic heterocycles. The first-order chi connectivity index (χ1) is 6.68. The van der Waals surface area contributed by atoms with Crippen LogP contribution in [-0.4, -0.2) is 24.0 Å². The van der Waals surface area contributed by atoms with Crippen LogP contribution in [0.5, 0.6) is 0 Å². The summed E-state index contributed by atoms with van der Waals surface area (Å²) in [4.78, 5) is 6.43. The van der Waals surface area contributed by atoms with Crippen LogP contribution < -0.4 is 0 Å². The maximum absolute atomic E-state index is 13.1. The molecule has 1 aromatic rings. The van der Waals surface area contributed by atoms with E-state index in [0.29, 0.717) is 13.2 Å². The highest BCUT2D eigenvalue weighted by molar-refractivity contribution is 5.95. The largest absolute Gasteiger partial charge is 0.475 e. The van der Waals surface area contributed by atoms with Gasteiger partial charge in [0.2, 0.25) is 11.8 Å². The lowest BCUT2D eigenvalue weighted by Crippen LogP contribution is -2.08. The van der Waals surface area contributed by atoms with Crippen molar-refractivity contribution in [3.8, 4) is 0 Å². The van der Waals surface area contributed by atoms with Gasteiger partial charge in [0.25, 0.3) is 5.95 Å². The fourth-order valence-electron chi connectivity index (χ4n) is 1.12. The van der Waals surface area contributed by atoms with Crippen molar-refractivity contribution < 1.29 is 17.9 Å². The molecule has 74 valence electrons. The van der Waals surface area contributed by atoms with E-state index in [1.807, 2.05) is 0 Å². The fourth-order valence-corrected chi connectivity index (χ4v) is 1.12. The molecule has 0 N–H and O–H groups in total. The van der Waals surface area contributed by atoms with Crippen LogP contribution in [0.2, 0.25) is 0 Å². The van der Waals surface area contributed by atoms with Crippen molar-refractivity contribution >= 4 is 5.90 Å². The molecule has 0 amide bonds. The molecule has 0 atom stereocenters. The van der Waals surface area contributed by atoms with Crippen molar-refractivity contribution in [3.63, 3.8) is 0 Å². The Morgan fingerprint density at radius 1 is 1.29 bits per heavy atom. The maximum atomic E-state index is 13.1. The molecule has 0 aromatic carbocycles. The monoisotopic (exact) mass is 202 g/mol. The number of rotatable bonds is 1. The second kappa shape index (κ2) is 3.28. The standard InChI is InChI=1S/C8H5F3N2O/c9-5-3-4(6(10)7(11)13-5)8-12-1-2-14-8/h3H,1-2H2. The first kappa shape index (κ1) is 8.98. The quantitative estimate of drug-likeness (QED) is 0.643. The van der Waals surface area contributed by atoms with Crippen molar-refractivity contribution in [3.05, 3.63) is 29.3 Å². The van der Waals surface area contributed by atoms with Crippen LogP contribution in [0.4, 0.5) is 13.2 Å². The van der Waals surface area contributed by atoms with E-state index in [-0.39, 0.29) is 11.5 Å². The smallest absolute Gasteiger partial charge is 0.252 e. The second-order valence-corrected chi connectivity index (χ2v) is 2.63. The van der Waals surface area contributed by atoms with Gasteiger partial charge in [-0.25, -0.2) is 9.38 Å². The SMILES string of the molecule is Fc1cc(C2=NCCO2)c(F)c(F)n1. The highest BCUT2D eigenvalue weighted by atomic mass is 19.2. The summed E-state index contributed by atoms with van der Waals surface area (Å²) in [6.45, 7) is 0.653. The summed E-state index contributed by atoms with van der Waals surface area (Å²) in [5, 5.41) is 0. The third kappa shape index (κ3) is 1.43. The Labute approximate surface area is 77.2 Å². The molecule has 0 saturated heterocycles. The predicted octanol–water partition coefficient (Wildman–Crippen LogP) is 1.28. The minimum atomic E-state index is -1.49. The zero-order valence-electron chi connectivity index (χ0n) is 6.93. The fraction of sp³-hybridized carbons (Fsp3) is 0.250. The molecule has 1 aliphatic heterocycles. The van der Waals surface area contributed by atoms with Crippen molar-refractivity contribution in [1.29, 1.82) is 0 Å². The van der Waals surface area contributed by atoms with Gasteiger partial charge in [0.05, 0.1) is 12.1 Å². The molecule has 0 spiro atoms. The topological polar surface area (TPSA) is 34.5 Å². The minimum Gasteiger partial charge on any atom is -0.475 e. The molecule has 3 nitrogen and oxygen atoms in total. The molecule has 0 saturated carbocycles. The summed E-state index contributed by atoms with van der Waals surface area (Å²) in [5.74, 6) is -3.91. The summed E-state index contributed by atoms with van der Waals surface area (Å²) in [6.07, 6.45) is 0. The van der Waals surface area contributed by atoms with Crippen LogP contribution in [0.15, 0.2) is 11.1 Å². The summed E-state index contributed by atoms with van der Waals surface area (Å²) in [6, 6.07) is 0.753. The average Bonchev–Trinajstić information content (AvgIpc) is 2.63. The average molecular weight is 202 g/mol. The highest BCUT2D eigenvalue weighted by Gasteiger charge is 2.20. The van der Waals surface area contributed by atoms with E-state index < -0.39 is 17.7 Å². The van der Waals surface area contributed by atoms with Gasteiger partial charge < -0.3 is 4.74 Å². The molecule has 0 bridgehead atoms. The first-order valence-electron chi connectivity index (χ1n) is 3.87. The molecule has 0 aliphatic carbocycles. The van der Waals surface area contributed by atoms with Gasteiger partial charge >= 0.3 is 0 Å². The maximum Gasteiger partial charge on any atom is 0.252 e. The van der Waals surface area contributed by atoms with Crippen molar-refractivity contribution in [2.75, 3.05) is 13.2 Å². The Kier molecular flexibility index (Phi) is 2.11. The lowest BCUT2D eigenvalue weighted by atomic mass is 10.2. The van der Waals surface area contributed by atoms with Gasteiger partial charge in [0.1, 0.15) is 6.61 Å². The molecule has 2 heterocycles. The molecule has 0 unspecified atom stereocenters. The van der Waals surface area contributed by atoms with Crippen molar-refractivity contribution in [2.45, 2.75) is 0 Å². The van der Waals surface area contributed by atoms with Crippen LogP contribution in [0.25, 0.3) is 0 Å². The number of ether oxygens (including phenoxy) is 1. The zero-order valence-corrected chi connectivity index (χ0v) is 6.93. The van der Waals surface area contributed by atoms with Crippen LogP contribution in [0, 0.1) is 17.7 Å². The van der Waals surface area contributed by atoms with Gasteiger partial charge in [0, 0.05) is 6.07 Å². The minimum absolute atomic E-state index is 0.0808. The Bertz CT molecular complexity index is 406. The number of hydrogen-bond acceptors (Lipinski definition) is 3. The third-order valence-electron chi connectivity index (χ3n) is 1.70. The summed E-state index contributed by atoms with van der Waals surface area (Å²) < 4.78 is 43.2. The van der Waals surface area contributed by atoms with Gasteiger partial charge in [0.15, 0.2) is 5.82 Å². The number of pyridine rings is 1. The molecule has 0 radical (unpaired) electrons. The second-order valence-electron chi connectivity index (χ2n) is 2.63. The van der Waals surface area contributed by atoms with E-state index in [0.717, 1.165) is 6.07 Å². The normalized spacial score (nSPS) is 15.2. The number of nitrogens with zero attached hydrogens (tertiary/aromatic N) is 2. The van der Waals surface area contributed by atoms with Gasteiger partial charge in [-0.3, -0.25) is 0 Å². The van der Waals surface area contributed by atoms with Crippen molar-refractivity contribution in [1.82, 2.24) is 4.98 Å². The van der Waals surface area contributed by atoms with Crippen LogP contribution in [0.1, 0.15) is 5.56 Å². The Balaban J connectivity index is 2.51. The molecule has 6 heteroatoms. The van der Waals surface area contributed by atoms with Gasteiger partial charge in [-0.2, -0.15) is 13.8 Å². The van der Waals surface area contributed by atoms with Gasteiger partial charge in [-0.1, -0.05) is 0 Å². The highest BCUT2D eigenvalue weighted by Crippen LogP contribution is 2.15. The lowest BCUT2D eigenvalue weighted by Gasteiger charge is -2.03. The zero-order chi connectivity index (χ0) is 10.1. The Hall–Kier alpha value is -1.59. The molecular weight excluding hydrogens is 197 g/mol. The molecule has 1 aliphatic rings.